The average Bonchev–Trinajstić information content (AvgIpc) is 3.02. The van der Waals surface area contributed by atoms with Gasteiger partial charge in [-0.2, -0.15) is 0 Å². The molecule has 2 heterocycles. The SMILES string of the molecule is CCC1=CS/C(=C2\SC(=N)N(Cc3ccccc3)C2=O)N1C. The molecule has 0 aromatic heterocycles. The van der Waals surface area contributed by atoms with Crippen molar-refractivity contribution >= 4 is 34.6 Å². The van der Waals surface area contributed by atoms with E-state index in [0.29, 0.717) is 16.6 Å². The van der Waals surface area contributed by atoms with Crippen LogP contribution in [0.4, 0.5) is 0 Å². The van der Waals surface area contributed by atoms with Crippen molar-refractivity contribution in [1.29, 1.82) is 5.41 Å². The number of benzene rings is 1. The second-order valence-corrected chi connectivity index (χ2v) is 6.92. The van der Waals surface area contributed by atoms with E-state index < -0.39 is 0 Å². The molecule has 0 bridgehead atoms. The van der Waals surface area contributed by atoms with Gasteiger partial charge < -0.3 is 4.90 Å². The third-order valence-corrected chi connectivity index (χ3v) is 5.87. The minimum atomic E-state index is -0.0704. The first kappa shape index (κ1) is 15.2. The molecule has 2 aliphatic rings. The number of carbonyl (C=O) groups excluding carboxylic acids is 1. The number of rotatable bonds is 3. The van der Waals surface area contributed by atoms with Gasteiger partial charge in [-0.1, -0.05) is 49.0 Å². The molecule has 0 radical (unpaired) electrons. The maximum Gasteiger partial charge on any atom is 0.269 e. The van der Waals surface area contributed by atoms with Crippen molar-refractivity contribution in [3.8, 4) is 0 Å². The van der Waals surface area contributed by atoms with E-state index in [9.17, 15) is 4.79 Å². The number of nitrogens with zero attached hydrogens (tertiary/aromatic N) is 2. The van der Waals surface area contributed by atoms with Gasteiger partial charge in [-0.05, 0) is 29.2 Å². The zero-order valence-corrected chi connectivity index (χ0v) is 14.1. The van der Waals surface area contributed by atoms with Gasteiger partial charge in [0, 0.05) is 12.7 Å². The molecule has 1 N–H and O–H groups in total. The van der Waals surface area contributed by atoms with Crippen molar-refractivity contribution < 1.29 is 4.79 Å². The van der Waals surface area contributed by atoms with Gasteiger partial charge in [0.25, 0.3) is 5.91 Å². The van der Waals surface area contributed by atoms with E-state index >= 15 is 0 Å². The second kappa shape index (κ2) is 6.22. The van der Waals surface area contributed by atoms with E-state index in [0.717, 1.165) is 17.0 Å². The molecule has 114 valence electrons. The largest absolute Gasteiger partial charge is 0.341 e. The van der Waals surface area contributed by atoms with Crippen molar-refractivity contribution in [2.75, 3.05) is 7.05 Å². The van der Waals surface area contributed by atoms with Crippen molar-refractivity contribution in [2.24, 2.45) is 0 Å². The third kappa shape index (κ3) is 2.68. The van der Waals surface area contributed by atoms with Crippen molar-refractivity contribution in [2.45, 2.75) is 19.9 Å². The number of hydrogen-bond donors (Lipinski definition) is 1. The molecule has 6 heteroatoms. The van der Waals surface area contributed by atoms with Gasteiger partial charge in [-0.15, -0.1) is 0 Å². The summed E-state index contributed by atoms with van der Waals surface area (Å²) in [5.74, 6) is -0.0704. The molecule has 0 unspecified atom stereocenters. The Hall–Kier alpha value is -1.66. The number of carbonyl (C=O) groups is 1. The Bertz CT molecular complexity index is 682. The lowest BCUT2D eigenvalue weighted by Crippen LogP contribution is -2.28. The molecule has 0 spiro atoms. The molecule has 2 aliphatic heterocycles. The van der Waals surface area contributed by atoms with Crippen LogP contribution in [-0.2, 0) is 11.3 Å². The quantitative estimate of drug-likeness (QED) is 0.856. The molecule has 22 heavy (non-hydrogen) atoms. The molecular formula is C16H17N3OS2. The third-order valence-electron chi connectivity index (χ3n) is 3.67. The molecule has 3 rings (SSSR count). The summed E-state index contributed by atoms with van der Waals surface area (Å²) < 4.78 is 0. The van der Waals surface area contributed by atoms with Gasteiger partial charge in [0.2, 0.25) is 0 Å². The topological polar surface area (TPSA) is 47.4 Å². The molecule has 0 saturated carbocycles. The lowest BCUT2D eigenvalue weighted by atomic mass is 10.2. The first-order chi connectivity index (χ1) is 10.6. The highest BCUT2D eigenvalue weighted by Crippen LogP contribution is 2.43. The first-order valence-electron chi connectivity index (χ1n) is 7.07. The minimum absolute atomic E-state index is 0.0704. The summed E-state index contributed by atoms with van der Waals surface area (Å²) >= 11 is 2.83. The monoisotopic (exact) mass is 331 g/mol. The van der Waals surface area contributed by atoms with E-state index in [2.05, 4.69) is 17.2 Å². The van der Waals surface area contributed by atoms with Crippen LogP contribution in [0.2, 0.25) is 0 Å². The summed E-state index contributed by atoms with van der Waals surface area (Å²) in [6.07, 6.45) is 0.935. The predicted molar refractivity (Wildman–Crippen MR) is 93.1 cm³/mol. The number of thioether (sulfide) groups is 2. The smallest absolute Gasteiger partial charge is 0.269 e. The highest BCUT2D eigenvalue weighted by Gasteiger charge is 2.37. The van der Waals surface area contributed by atoms with E-state index in [1.54, 1.807) is 16.7 Å². The maximum absolute atomic E-state index is 12.7. The van der Waals surface area contributed by atoms with Crippen LogP contribution in [0.1, 0.15) is 18.9 Å². The molecule has 0 aliphatic carbocycles. The predicted octanol–water partition coefficient (Wildman–Crippen LogP) is 3.80. The summed E-state index contributed by atoms with van der Waals surface area (Å²) in [7, 11) is 1.98. The minimum Gasteiger partial charge on any atom is -0.341 e. The summed E-state index contributed by atoms with van der Waals surface area (Å²) in [5, 5.41) is 11.5. The van der Waals surface area contributed by atoms with Gasteiger partial charge in [-0.25, -0.2) is 0 Å². The van der Waals surface area contributed by atoms with E-state index in [1.165, 1.54) is 17.5 Å². The maximum atomic E-state index is 12.7. The first-order valence-corrected chi connectivity index (χ1v) is 8.77. The molecule has 1 fully saturated rings. The molecule has 0 atom stereocenters. The molecular weight excluding hydrogens is 314 g/mol. The number of amidine groups is 1. The van der Waals surface area contributed by atoms with E-state index in [-0.39, 0.29) is 5.91 Å². The van der Waals surface area contributed by atoms with Crippen LogP contribution in [0.15, 0.2) is 51.4 Å². The molecule has 1 amide bonds. The zero-order valence-electron chi connectivity index (χ0n) is 12.5. The normalized spacial score (nSPS) is 21.8. The van der Waals surface area contributed by atoms with Crippen LogP contribution < -0.4 is 0 Å². The summed E-state index contributed by atoms with van der Waals surface area (Å²) in [6, 6.07) is 9.80. The lowest BCUT2D eigenvalue weighted by Gasteiger charge is -2.18. The van der Waals surface area contributed by atoms with Gasteiger partial charge in [0.15, 0.2) is 5.17 Å². The van der Waals surface area contributed by atoms with Gasteiger partial charge in [0.1, 0.15) is 4.91 Å². The van der Waals surface area contributed by atoms with Gasteiger partial charge >= 0.3 is 0 Å². The Morgan fingerprint density at radius 3 is 2.59 bits per heavy atom. The van der Waals surface area contributed by atoms with Crippen molar-refractivity contribution in [3.05, 3.63) is 56.9 Å². The average molecular weight is 331 g/mol. The Balaban J connectivity index is 1.84. The number of hydrogen-bond acceptors (Lipinski definition) is 5. The highest BCUT2D eigenvalue weighted by molar-refractivity contribution is 8.19. The fraction of sp³-hybridized carbons (Fsp3) is 0.250. The molecule has 1 aromatic rings. The zero-order chi connectivity index (χ0) is 15.7. The second-order valence-electron chi connectivity index (χ2n) is 5.06. The van der Waals surface area contributed by atoms with Gasteiger partial charge in [-0.3, -0.25) is 15.1 Å². The van der Waals surface area contributed by atoms with Crippen LogP contribution in [0.5, 0.6) is 0 Å². The summed E-state index contributed by atoms with van der Waals surface area (Å²) in [4.78, 5) is 17.0. The van der Waals surface area contributed by atoms with Crippen LogP contribution in [-0.4, -0.2) is 27.9 Å². The van der Waals surface area contributed by atoms with Crippen molar-refractivity contribution in [1.82, 2.24) is 9.80 Å². The Morgan fingerprint density at radius 1 is 1.23 bits per heavy atom. The summed E-state index contributed by atoms with van der Waals surface area (Å²) in [6.45, 7) is 2.55. The fourth-order valence-corrected chi connectivity index (χ4v) is 4.58. The molecule has 4 nitrogen and oxygen atoms in total. The van der Waals surface area contributed by atoms with Crippen LogP contribution in [0.3, 0.4) is 0 Å². The van der Waals surface area contributed by atoms with E-state index in [4.69, 9.17) is 5.41 Å². The lowest BCUT2D eigenvalue weighted by molar-refractivity contribution is -0.122. The van der Waals surface area contributed by atoms with Gasteiger partial charge in [0.05, 0.1) is 11.6 Å². The highest BCUT2D eigenvalue weighted by atomic mass is 32.2. The van der Waals surface area contributed by atoms with Crippen LogP contribution in [0, 0.1) is 5.41 Å². The number of allylic oxidation sites excluding steroid dienone is 1. The Kier molecular flexibility index (Phi) is 4.31. The van der Waals surface area contributed by atoms with Crippen LogP contribution >= 0.6 is 23.5 Å². The molecule has 1 aromatic carbocycles. The molecule has 1 saturated heterocycles. The number of nitrogens with one attached hydrogen (secondary N) is 1. The number of amides is 1. The summed E-state index contributed by atoms with van der Waals surface area (Å²) in [5.41, 5.74) is 2.24. The Morgan fingerprint density at radius 2 is 1.95 bits per heavy atom. The fourth-order valence-electron chi connectivity index (χ4n) is 2.39. The van der Waals surface area contributed by atoms with E-state index in [1.807, 2.05) is 37.4 Å². The van der Waals surface area contributed by atoms with Crippen molar-refractivity contribution in [3.63, 3.8) is 0 Å². The standard InChI is InChI=1S/C16H17N3OS2/c1-3-12-10-21-15(18(12)2)13-14(20)19(16(17)22-13)9-11-7-5-4-6-8-11/h4-8,10,17H,3,9H2,1-2H3/b15-13-,17-16?. The Labute approximate surface area is 138 Å². The van der Waals surface area contributed by atoms with Crippen LogP contribution in [0.25, 0.3) is 0 Å².